The van der Waals surface area contributed by atoms with E-state index >= 15 is 0 Å². The molecule has 1 amide bonds. The van der Waals surface area contributed by atoms with Crippen molar-refractivity contribution < 1.29 is 13.6 Å². The normalized spacial score (nSPS) is 14.8. The van der Waals surface area contributed by atoms with Crippen molar-refractivity contribution in [3.63, 3.8) is 0 Å². The molecule has 156 valence electrons. The first-order valence-corrected chi connectivity index (χ1v) is 10.4. The van der Waals surface area contributed by atoms with Crippen molar-refractivity contribution in [1.82, 2.24) is 20.1 Å². The predicted octanol–water partition coefficient (Wildman–Crippen LogP) is 4.37. The molecule has 0 radical (unpaired) electrons. The van der Waals surface area contributed by atoms with Crippen LogP contribution in [0.25, 0.3) is 22.4 Å². The largest absolute Gasteiger partial charge is 0.419 e. The minimum absolute atomic E-state index is 0.0604. The number of amides is 1. The summed E-state index contributed by atoms with van der Waals surface area (Å²) in [5.41, 5.74) is 1.10. The van der Waals surface area contributed by atoms with Crippen LogP contribution in [-0.2, 0) is 11.2 Å². The Morgan fingerprint density at radius 2 is 1.81 bits per heavy atom. The minimum Gasteiger partial charge on any atom is -0.419 e. The number of carbonyl (C=O) groups is 1. The van der Waals surface area contributed by atoms with Gasteiger partial charge in [-0.25, -0.2) is 4.39 Å². The Bertz CT molecular complexity index is 1230. The Balaban J connectivity index is 1.26. The number of pyridine rings is 1. The van der Waals surface area contributed by atoms with E-state index in [1.165, 1.54) is 6.07 Å². The van der Waals surface area contributed by atoms with Gasteiger partial charge in [0.05, 0.1) is 6.42 Å². The van der Waals surface area contributed by atoms with Gasteiger partial charge >= 0.3 is 0 Å². The van der Waals surface area contributed by atoms with E-state index in [9.17, 15) is 9.18 Å². The highest BCUT2D eigenvalue weighted by molar-refractivity contribution is 5.92. The molecule has 4 aromatic rings. The molecule has 0 bridgehead atoms. The molecule has 6 nitrogen and oxygen atoms in total. The van der Waals surface area contributed by atoms with Crippen LogP contribution in [0.5, 0.6) is 0 Å². The molecule has 2 aromatic heterocycles. The Labute approximate surface area is 178 Å². The second-order valence-corrected chi connectivity index (χ2v) is 7.75. The third kappa shape index (κ3) is 3.91. The highest BCUT2D eigenvalue weighted by Crippen LogP contribution is 2.31. The van der Waals surface area contributed by atoms with Crippen LogP contribution in [0.3, 0.4) is 0 Å². The quantitative estimate of drug-likeness (QED) is 0.494. The van der Waals surface area contributed by atoms with Gasteiger partial charge in [-0.3, -0.25) is 9.78 Å². The molecule has 31 heavy (non-hydrogen) atoms. The molecule has 5 rings (SSSR count). The summed E-state index contributed by atoms with van der Waals surface area (Å²) in [6, 6.07) is 16.3. The van der Waals surface area contributed by atoms with Gasteiger partial charge in [-0.2, -0.15) is 0 Å². The predicted molar refractivity (Wildman–Crippen MR) is 114 cm³/mol. The lowest BCUT2D eigenvalue weighted by Crippen LogP contribution is -2.39. The molecule has 0 saturated carbocycles. The molecule has 1 fully saturated rings. The SMILES string of the molecule is O=C(Cc1ccccc1F)N1CCC(c2nnc(-c3nccc4ccccc34)o2)CC1. The average molecular weight is 416 g/mol. The summed E-state index contributed by atoms with van der Waals surface area (Å²) >= 11 is 0. The Kier molecular flexibility index (Phi) is 5.16. The number of rotatable bonds is 4. The van der Waals surface area contributed by atoms with E-state index < -0.39 is 0 Å². The van der Waals surface area contributed by atoms with Gasteiger partial charge in [0.25, 0.3) is 5.89 Å². The summed E-state index contributed by atoms with van der Waals surface area (Å²) in [6.45, 7) is 1.17. The second kappa shape index (κ2) is 8.26. The zero-order valence-electron chi connectivity index (χ0n) is 16.9. The number of halogens is 1. The van der Waals surface area contributed by atoms with Gasteiger partial charge in [-0.1, -0.05) is 42.5 Å². The molecule has 0 N–H and O–H groups in total. The molecule has 7 heteroatoms. The van der Waals surface area contributed by atoms with Crippen molar-refractivity contribution in [1.29, 1.82) is 0 Å². The maximum Gasteiger partial charge on any atom is 0.266 e. The fourth-order valence-electron chi connectivity index (χ4n) is 4.08. The standard InChI is InChI=1S/C24H21FN4O2/c25-20-8-4-2-6-18(20)15-21(30)29-13-10-17(11-14-29)23-27-28-24(31-23)22-19-7-3-1-5-16(19)9-12-26-22/h1-9,12,17H,10-11,13-15H2. The van der Waals surface area contributed by atoms with Crippen molar-refractivity contribution in [2.45, 2.75) is 25.2 Å². The Morgan fingerprint density at radius 3 is 2.65 bits per heavy atom. The molecule has 3 heterocycles. The van der Waals surface area contributed by atoms with E-state index in [1.807, 2.05) is 30.3 Å². The lowest BCUT2D eigenvalue weighted by atomic mass is 9.96. The lowest BCUT2D eigenvalue weighted by Gasteiger charge is -2.30. The van der Waals surface area contributed by atoms with Gasteiger partial charge in [0, 0.05) is 30.6 Å². The molecule has 0 atom stereocenters. The fraction of sp³-hybridized carbons (Fsp3) is 0.250. The topological polar surface area (TPSA) is 72.1 Å². The molecular weight excluding hydrogens is 395 g/mol. The van der Waals surface area contributed by atoms with E-state index in [0.717, 1.165) is 23.6 Å². The summed E-state index contributed by atoms with van der Waals surface area (Å²) in [5, 5.41) is 10.5. The zero-order valence-corrected chi connectivity index (χ0v) is 16.9. The van der Waals surface area contributed by atoms with Gasteiger partial charge < -0.3 is 9.32 Å². The third-order valence-electron chi connectivity index (χ3n) is 5.81. The van der Waals surface area contributed by atoms with Gasteiger partial charge in [0.1, 0.15) is 11.5 Å². The van der Waals surface area contributed by atoms with Crippen molar-refractivity contribution in [2.75, 3.05) is 13.1 Å². The first-order valence-electron chi connectivity index (χ1n) is 10.4. The number of hydrogen-bond donors (Lipinski definition) is 0. The number of aromatic nitrogens is 3. The summed E-state index contributed by atoms with van der Waals surface area (Å²) in [6.07, 6.45) is 3.28. The molecule has 1 aliphatic heterocycles. The average Bonchev–Trinajstić information content (AvgIpc) is 3.30. The number of nitrogens with zero attached hydrogens (tertiary/aromatic N) is 4. The third-order valence-corrected chi connectivity index (χ3v) is 5.81. The van der Waals surface area contributed by atoms with E-state index in [1.54, 1.807) is 29.3 Å². The summed E-state index contributed by atoms with van der Waals surface area (Å²) in [4.78, 5) is 18.8. The van der Waals surface area contributed by atoms with Gasteiger partial charge in [-0.15, -0.1) is 10.2 Å². The maximum absolute atomic E-state index is 13.8. The number of hydrogen-bond acceptors (Lipinski definition) is 5. The van der Waals surface area contributed by atoms with Crippen LogP contribution in [0.2, 0.25) is 0 Å². The minimum atomic E-state index is -0.342. The molecule has 2 aromatic carbocycles. The molecule has 0 spiro atoms. The number of piperidine rings is 1. The van der Waals surface area contributed by atoms with Crippen LogP contribution in [-0.4, -0.2) is 39.1 Å². The number of carbonyl (C=O) groups excluding carboxylic acids is 1. The van der Waals surface area contributed by atoms with E-state index in [0.29, 0.717) is 36.1 Å². The zero-order chi connectivity index (χ0) is 21.2. The van der Waals surface area contributed by atoms with Gasteiger partial charge in [0.15, 0.2) is 0 Å². The molecule has 1 saturated heterocycles. The van der Waals surface area contributed by atoms with E-state index in [4.69, 9.17) is 4.42 Å². The highest BCUT2D eigenvalue weighted by Gasteiger charge is 2.28. The van der Waals surface area contributed by atoms with Crippen molar-refractivity contribution in [3.05, 3.63) is 78.1 Å². The van der Waals surface area contributed by atoms with Crippen molar-refractivity contribution >= 4 is 16.7 Å². The van der Waals surface area contributed by atoms with Crippen molar-refractivity contribution in [2.24, 2.45) is 0 Å². The van der Waals surface area contributed by atoms with Crippen LogP contribution < -0.4 is 0 Å². The fourth-order valence-corrected chi connectivity index (χ4v) is 4.08. The number of likely N-dealkylation sites (tertiary alicyclic amines) is 1. The molecule has 0 aliphatic carbocycles. The monoisotopic (exact) mass is 416 g/mol. The highest BCUT2D eigenvalue weighted by atomic mass is 19.1. The lowest BCUT2D eigenvalue weighted by molar-refractivity contribution is -0.131. The van der Waals surface area contributed by atoms with Crippen LogP contribution in [0.1, 0.15) is 30.2 Å². The summed E-state index contributed by atoms with van der Waals surface area (Å²) in [7, 11) is 0. The van der Waals surface area contributed by atoms with Crippen LogP contribution >= 0.6 is 0 Å². The number of benzene rings is 2. The first-order chi connectivity index (χ1) is 15.2. The Morgan fingerprint density at radius 1 is 1.03 bits per heavy atom. The summed E-state index contributed by atoms with van der Waals surface area (Å²) < 4.78 is 19.8. The Hall–Kier alpha value is -3.61. The van der Waals surface area contributed by atoms with E-state index in [-0.39, 0.29) is 24.1 Å². The first kappa shape index (κ1) is 19.4. The second-order valence-electron chi connectivity index (χ2n) is 7.75. The molecule has 0 unspecified atom stereocenters. The molecule has 1 aliphatic rings. The van der Waals surface area contributed by atoms with Crippen LogP contribution in [0.4, 0.5) is 4.39 Å². The van der Waals surface area contributed by atoms with Gasteiger partial charge in [-0.05, 0) is 35.9 Å². The summed E-state index contributed by atoms with van der Waals surface area (Å²) in [5.74, 6) is 0.672. The van der Waals surface area contributed by atoms with E-state index in [2.05, 4.69) is 15.2 Å². The van der Waals surface area contributed by atoms with Gasteiger partial charge in [0.2, 0.25) is 11.8 Å². The smallest absolute Gasteiger partial charge is 0.266 e. The number of fused-ring (bicyclic) bond motifs is 1. The van der Waals surface area contributed by atoms with Crippen molar-refractivity contribution in [3.8, 4) is 11.6 Å². The maximum atomic E-state index is 13.8. The molecular formula is C24H21FN4O2. The van der Waals surface area contributed by atoms with Crippen LogP contribution in [0.15, 0.2) is 65.2 Å². The van der Waals surface area contributed by atoms with Crippen LogP contribution in [0, 0.1) is 5.82 Å².